The first-order valence-corrected chi connectivity index (χ1v) is 6.49. The summed E-state index contributed by atoms with van der Waals surface area (Å²) in [6.07, 6.45) is 0. The van der Waals surface area contributed by atoms with Crippen LogP contribution in [0.15, 0.2) is 48.5 Å². The van der Waals surface area contributed by atoms with Gasteiger partial charge < -0.3 is 19.5 Å². The summed E-state index contributed by atoms with van der Waals surface area (Å²) in [7, 11) is -4.60. The van der Waals surface area contributed by atoms with Crippen molar-refractivity contribution in [2.45, 2.75) is 7.43 Å². The average Bonchev–Trinajstić information content (AvgIpc) is 2.28. The lowest BCUT2D eigenvalue weighted by atomic mass is 10.0. The van der Waals surface area contributed by atoms with Crippen LogP contribution in [-0.4, -0.2) is 10.00 Å². The zero-order chi connectivity index (χ0) is 12.5. The zero-order valence-electron chi connectivity index (χ0n) is 8.78. The molecule has 1 unspecified atom stereocenters. The van der Waals surface area contributed by atoms with Crippen molar-refractivity contribution in [1.29, 1.82) is 0 Å². The second-order valence-electron chi connectivity index (χ2n) is 3.55. The van der Waals surface area contributed by atoms with E-state index >= 15 is 0 Å². The predicted octanol–water partition coefficient (Wildman–Crippen LogP) is 1.87. The Kier molecular flexibility index (Phi) is 4.30. The van der Waals surface area contributed by atoms with Gasteiger partial charge in [-0.2, -0.15) is 0 Å². The van der Waals surface area contributed by atoms with Gasteiger partial charge in [0.25, 0.3) is 0 Å². The third-order valence-corrected chi connectivity index (χ3v) is 3.40. The van der Waals surface area contributed by atoms with Crippen LogP contribution in [0.5, 0.6) is 5.75 Å². The third-order valence-electron chi connectivity index (χ3n) is 2.40. The van der Waals surface area contributed by atoms with Crippen molar-refractivity contribution in [3.63, 3.8) is 0 Å². The van der Waals surface area contributed by atoms with Crippen LogP contribution < -0.4 is 10.2 Å². The van der Waals surface area contributed by atoms with E-state index in [2.05, 4.69) is 0 Å². The standard InChI is InChI=1S/C12H11O4P.CH4/c13-11-7-3-1-5-9(11)10-6-2-4-8-12(10)17(14,15)16;/h1-8,13H,(H2,14,15,16);1H4/p-1. The number of benzene rings is 2. The van der Waals surface area contributed by atoms with E-state index in [1.165, 1.54) is 24.3 Å². The topological polar surface area (TPSA) is 80.6 Å². The third kappa shape index (κ3) is 2.79. The minimum Gasteiger partial charge on any atom is -0.775 e. The second kappa shape index (κ2) is 5.36. The van der Waals surface area contributed by atoms with Crippen molar-refractivity contribution in [3.8, 4) is 16.9 Å². The second-order valence-corrected chi connectivity index (χ2v) is 5.08. The maximum Gasteiger partial charge on any atom is 0.163 e. The molecule has 1 atom stereocenters. The summed E-state index contributed by atoms with van der Waals surface area (Å²) in [5.74, 6) is -0.0339. The van der Waals surface area contributed by atoms with E-state index in [-0.39, 0.29) is 24.0 Å². The lowest BCUT2D eigenvalue weighted by Crippen LogP contribution is -2.16. The highest BCUT2D eigenvalue weighted by Crippen LogP contribution is 2.36. The largest absolute Gasteiger partial charge is 0.775 e. The minimum atomic E-state index is -4.60. The van der Waals surface area contributed by atoms with Crippen LogP contribution >= 0.6 is 7.60 Å². The van der Waals surface area contributed by atoms with Gasteiger partial charge in [0.05, 0.1) is 0 Å². The summed E-state index contributed by atoms with van der Waals surface area (Å²) in [4.78, 5) is 20.4. The summed E-state index contributed by atoms with van der Waals surface area (Å²) in [5, 5.41) is 9.49. The quantitative estimate of drug-likeness (QED) is 0.812. The fraction of sp³-hybridized carbons (Fsp3) is 0.0769. The molecule has 0 amide bonds. The fourth-order valence-corrected chi connectivity index (χ4v) is 2.42. The Hall–Kier alpha value is -1.61. The normalized spacial score (nSPS) is 13.4. The number of hydrogen-bond acceptors (Lipinski definition) is 3. The van der Waals surface area contributed by atoms with Crippen LogP contribution in [0.4, 0.5) is 0 Å². The maximum atomic E-state index is 11.2. The Labute approximate surface area is 106 Å². The van der Waals surface area contributed by atoms with Crippen molar-refractivity contribution in [2.24, 2.45) is 0 Å². The van der Waals surface area contributed by atoms with Gasteiger partial charge in [-0.15, -0.1) is 0 Å². The molecule has 0 aliphatic rings. The van der Waals surface area contributed by atoms with E-state index < -0.39 is 7.60 Å². The molecule has 0 spiro atoms. The average molecular weight is 265 g/mol. The minimum absolute atomic E-state index is 0. The van der Waals surface area contributed by atoms with E-state index in [0.717, 1.165) is 0 Å². The molecule has 2 aromatic rings. The van der Waals surface area contributed by atoms with Crippen molar-refractivity contribution in [1.82, 2.24) is 0 Å². The van der Waals surface area contributed by atoms with E-state index in [1.54, 1.807) is 24.3 Å². The molecule has 0 radical (unpaired) electrons. The van der Waals surface area contributed by atoms with Crippen LogP contribution in [0.1, 0.15) is 7.43 Å². The Balaban J connectivity index is 0.00000162. The van der Waals surface area contributed by atoms with Gasteiger partial charge in [0.1, 0.15) is 5.75 Å². The Morgan fingerprint density at radius 3 is 2.00 bits per heavy atom. The molecular weight excluding hydrogens is 251 g/mol. The van der Waals surface area contributed by atoms with Crippen molar-refractivity contribution < 1.29 is 19.5 Å². The molecule has 2 rings (SSSR count). The van der Waals surface area contributed by atoms with Gasteiger partial charge in [-0.1, -0.05) is 43.8 Å². The number of hydrogen-bond donors (Lipinski definition) is 2. The summed E-state index contributed by atoms with van der Waals surface area (Å²) in [6.45, 7) is 0. The molecule has 2 aromatic carbocycles. The number of para-hydroxylation sites is 1. The molecule has 0 bridgehead atoms. The Bertz CT molecular complexity index is 589. The SMILES string of the molecule is C.O=P([O-])(O)c1ccccc1-c1ccccc1O. The van der Waals surface area contributed by atoms with E-state index in [0.29, 0.717) is 5.56 Å². The highest BCUT2D eigenvalue weighted by Gasteiger charge is 2.15. The molecule has 4 nitrogen and oxygen atoms in total. The summed E-state index contributed by atoms with van der Waals surface area (Å²) < 4.78 is 11.2. The van der Waals surface area contributed by atoms with Crippen LogP contribution in [0.25, 0.3) is 11.1 Å². The molecule has 0 aliphatic heterocycles. The number of phenols is 1. The van der Waals surface area contributed by atoms with Crippen molar-refractivity contribution in [2.75, 3.05) is 0 Å². The summed E-state index contributed by atoms with van der Waals surface area (Å²) in [6, 6.07) is 12.3. The first-order chi connectivity index (χ1) is 8.00. The van der Waals surface area contributed by atoms with Crippen LogP contribution in [0.2, 0.25) is 0 Å². The first-order valence-electron chi connectivity index (χ1n) is 4.92. The molecule has 0 saturated carbocycles. The molecule has 18 heavy (non-hydrogen) atoms. The summed E-state index contributed by atoms with van der Waals surface area (Å²) in [5.41, 5.74) is 0.652. The molecule has 0 saturated heterocycles. The zero-order valence-corrected chi connectivity index (χ0v) is 9.67. The highest BCUT2D eigenvalue weighted by atomic mass is 31.2. The Morgan fingerprint density at radius 2 is 1.44 bits per heavy atom. The van der Waals surface area contributed by atoms with Gasteiger partial charge in [-0.3, -0.25) is 0 Å². The van der Waals surface area contributed by atoms with Crippen molar-refractivity contribution >= 4 is 12.9 Å². The van der Waals surface area contributed by atoms with Crippen LogP contribution in [0, 0.1) is 0 Å². The Morgan fingerprint density at radius 1 is 0.944 bits per heavy atom. The van der Waals surface area contributed by atoms with E-state index in [1.807, 2.05) is 0 Å². The van der Waals surface area contributed by atoms with Gasteiger partial charge in [-0.25, -0.2) is 0 Å². The molecular formula is C13H14O4P-. The monoisotopic (exact) mass is 265 g/mol. The smallest absolute Gasteiger partial charge is 0.163 e. The lowest BCUT2D eigenvalue weighted by molar-refractivity contribution is -0.188. The summed E-state index contributed by atoms with van der Waals surface area (Å²) >= 11 is 0. The molecule has 96 valence electrons. The van der Waals surface area contributed by atoms with Gasteiger partial charge in [0, 0.05) is 10.9 Å². The van der Waals surface area contributed by atoms with Gasteiger partial charge >= 0.3 is 0 Å². The molecule has 0 fully saturated rings. The van der Waals surface area contributed by atoms with Gasteiger partial charge in [0.15, 0.2) is 7.60 Å². The lowest BCUT2D eigenvalue weighted by Gasteiger charge is -2.20. The molecule has 5 heteroatoms. The molecule has 0 aromatic heterocycles. The van der Waals surface area contributed by atoms with Gasteiger partial charge in [0.2, 0.25) is 0 Å². The highest BCUT2D eigenvalue weighted by molar-refractivity contribution is 7.59. The van der Waals surface area contributed by atoms with Gasteiger partial charge in [-0.05, 0) is 17.7 Å². The number of aromatic hydroxyl groups is 1. The predicted molar refractivity (Wildman–Crippen MR) is 69.7 cm³/mol. The number of phenolic OH excluding ortho intramolecular Hbond substituents is 1. The van der Waals surface area contributed by atoms with Crippen molar-refractivity contribution in [3.05, 3.63) is 48.5 Å². The van der Waals surface area contributed by atoms with E-state index in [4.69, 9.17) is 4.89 Å². The fourth-order valence-electron chi connectivity index (χ4n) is 1.65. The van der Waals surface area contributed by atoms with Crippen LogP contribution in [-0.2, 0) is 4.57 Å². The van der Waals surface area contributed by atoms with Crippen LogP contribution in [0.3, 0.4) is 0 Å². The first kappa shape index (κ1) is 14.5. The molecule has 0 heterocycles. The van der Waals surface area contributed by atoms with E-state index in [9.17, 15) is 14.6 Å². The molecule has 0 aliphatic carbocycles. The molecule has 2 N–H and O–H groups in total. The number of rotatable bonds is 2. The maximum absolute atomic E-state index is 11.2.